The number of aryl methyl sites for hydroxylation is 1. The zero-order valence-corrected chi connectivity index (χ0v) is 6.87. The minimum absolute atomic E-state index is 0.104. The predicted molar refractivity (Wildman–Crippen MR) is 48.8 cm³/mol. The standard InChI is InChI=1S/C11H9O/c1-8-5-6-10-9(7-8)3-2-4-11(10)12/h2-7H,1H3. The molecule has 0 atom stereocenters. The second kappa shape index (κ2) is 2.52. The number of fused-ring (bicyclic) bond motifs is 1. The molecule has 0 spiro atoms. The first-order chi connectivity index (χ1) is 5.77. The fourth-order valence-electron chi connectivity index (χ4n) is 1.37. The zero-order valence-electron chi connectivity index (χ0n) is 6.87. The van der Waals surface area contributed by atoms with Gasteiger partial charge in [0.1, 0.15) is 0 Å². The van der Waals surface area contributed by atoms with Crippen LogP contribution in [0.15, 0.2) is 36.4 Å². The Morgan fingerprint density at radius 3 is 2.75 bits per heavy atom. The van der Waals surface area contributed by atoms with Gasteiger partial charge < -0.3 is 0 Å². The maximum atomic E-state index is 11.3. The molecule has 1 nitrogen and oxygen atoms in total. The lowest BCUT2D eigenvalue weighted by Gasteiger charge is -1.98. The van der Waals surface area contributed by atoms with E-state index in [4.69, 9.17) is 0 Å². The van der Waals surface area contributed by atoms with Crippen LogP contribution in [-0.4, -0.2) is 0 Å². The lowest BCUT2D eigenvalue weighted by Crippen LogP contribution is -1.74. The van der Waals surface area contributed by atoms with Crippen molar-refractivity contribution in [2.24, 2.45) is 0 Å². The summed E-state index contributed by atoms with van der Waals surface area (Å²) in [4.78, 5) is 0. The van der Waals surface area contributed by atoms with Crippen molar-refractivity contribution in [3.63, 3.8) is 0 Å². The van der Waals surface area contributed by atoms with Crippen LogP contribution in [0.1, 0.15) is 5.56 Å². The highest BCUT2D eigenvalue weighted by atomic mass is 16.3. The summed E-state index contributed by atoms with van der Waals surface area (Å²) >= 11 is 0. The first-order valence-electron chi connectivity index (χ1n) is 3.94. The van der Waals surface area contributed by atoms with Gasteiger partial charge in [0, 0.05) is 5.39 Å². The van der Waals surface area contributed by atoms with Gasteiger partial charge in [-0.1, -0.05) is 35.9 Å². The van der Waals surface area contributed by atoms with Gasteiger partial charge in [-0.15, -0.1) is 0 Å². The molecule has 2 rings (SSSR count). The second-order valence-electron chi connectivity index (χ2n) is 2.98. The van der Waals surface area contributed by atoms with Crippen LogP contribution in [0.2, 0.25) is 0 Å². The summed E-state index contributed by atoms with van der Waals surface area (Å²) in [5.41, 5.74) is 1.19. The summed E-state index contributed by atoms with van der Waals surface area (Å²) < 4.78 is 0. The van der Waals surface area contributed by atoms with E-state index in [-0.39, 0.29) is 5.75 Å². The molecule has 0 aromatic heterocycles. The summed E-state index contributed by atoms with van der Waals surface area (Å²) in [6.07, 6.45) is 0. The van der Waals surface area contributed by atoms with Crippen molar-refractivity contribution in [3.05, 3.63) is 42.0 Å². The third kappa shape index (κ3) is 1.03. The average Bonchev–Trinajstić information content (AvgIpc) is 2.04. The van der Waals surface area contributed by atoms with Gasteiger partial charge in [0.05, 0.1) is 0 Å². The Hall–Kier alpha value is -1.50. The van der Waals surface area contributed by atoms with E-state index in [2.05, 4.69) is 0 Å². The van der Waals surface area contributed by atoms with Gasteiger partial charge in [-0.25, -0.2) is 0 Å². The molecule has 0 amide bonds. The molecule has 59 valence electrons. The summed E-state index contributed by atoms with van der Waals surface area (Å²) in [5.74, 6) is 0.104. The van der Waals surface area contributed by atoms with Crippen molar-refractivity contribution in [1.82, 2.24) is 0 Å². The van der Waals surface area contributed by atoms with Crippen LogP contribution in [0.3, 0.4) is 0 Å². The molecule has 1 heteroatoms. The maximum absolute atomic E-state index is 11.3. The molecule has 2 aromatic carbocycles. The third-order valence-corrected chi connectivity index (χ3v) is 2.00. The van der Waals surface area contributed by atoms with Crippen LogP contribution in [-0.2, 0) is 5.11 Å². The smallest absolute Gasteiger partial charge is 0.186 e. The normalized spacial score (nSPS) is 10.4. The fourth-order valence-corrected chi connectivity index (χ4v) is 1.37. The van der Waals surface area contributed by atoms with Gasteiger partial charge in [0.2, 0.25) is 0 Å². The Kier molecular flexibility index (Phi) is 1.51. The molecule has 0 heterocycles. The third-order valence-electron chi connectivity index (χ3n) is 2.00. The number of benzene rings is 2. The molecule has 0 saturated heterocycles. The summed E-state index contributed by atoms with van der Waals surface area (Å²) in [7, 11) is 0. The van der Waals surface area contributed by atoms with Crippen molar-refractivity contribution in [1.29, 1.82) is 0 Å². The first kappa shape index (κ1) is 7.17. The Morgan fingerprint density at radius 1 is 1.08 bits per heavy atom. The lowest BCUT2D eigenvalue weighted by molar-refractivity contribution is 0.360. The SMILES string of the molecule is Cc1ccc2c([O])cccc2c1. The van der Waals surface area contributed by atoms with Crippen LogP contribution < -0.4 is 0 Å². The van der Waals surface area contributed by atoms with Crippen LogP contribution in [0.4, 0.5) is 0 Å². The van der Waals surface area contributed by atoms with E-state index in [0.29, 0.717) is 0 Å². The second-order valence-corrected chi connectivity index (χ2v) is 2.98. The topological polar surface area (TPSA) is 19.9 Å². The molecule has 0 aliphatic carbocycles. The van der Waals surface area contributed by atoms with Crippen molar-refractivity contribution in [2.75, 3.05) is 0 Å². The molecule has 0 aliphatic heterocycles. The molecule has 2 aromatic rings. The van der Waals surface area contributed by atoms with Crippen molar-refractivity contribution >= 4 is 10.8 Å². The van der Waals surface area contributed by atoms with Crippen molar-refractivity contribution in [2.45, 2.75) is 6.92 Å². The first-order valence-corrected chi connectivity index (χ1v) is 3.94. The van der Waals surface area contributed by atoms with Gasteiger partial charge in [0.15, 0.2) is 5.75 Å². The highest BCUT2D eigenvalue weighted by molar-refractivity contribution is 5.88. The van der Waals surface area contributed by atoms with Crippen molar-refractivity contribution < 1.29 is 5.11 Å². The minimum Gasteiger partial charge on any atom is -0.289 e. The van der Waals surface area contributed by atoms with E-state index in [0.717, 1.165) is 10.8 Å². The highest BCUT2D eigenvalue weighted by Gasteiger charge is 1.98. The quantitative estimate of drug-likeness (QED) is 0.559. The Labute approximate surface area is 71.3 Å². The lowest BCUT2D eigenvalue weighted by atomic mass is 10.1. The maximum Gasteiger partial charge on any atom is 0.186 e. The Morgan fingerprint density at radius 2 is 1.92 bits per heavy atom. The summed E-state index contributed by atoms with van der Waals surface area (Å²) in [6.45, 7) is 2.02. The van der Waals surface area contributed by atoms with Gasteiger partial charge in [-0.05, 0) is 18.4 Å². The highest BCUT2D eigenvalue weighted by Crippen LogP contribution is 2.25. The van der Waals surface area contributed by atoms with E-state index in [9.17, 15) is 5.11 Å². The number of hydrogen-bond acceptors (Lipinski definition) is 0. The molecule has 0 fully saturated rings. The number of rotatable bonds is 0. The molecule has 0 saturated carbocycles. The molecule has 1 radical (unpaired) electrons. The molecular weight excluding hydrogens is 148 g/mol. The van der Waals surface area contributed by atoms with E-state index in [1.54, 1.807) is 12.1 Å². The van der Waals surface area contributed by atoms with E-state index >= 15 is 0 Å². The van der Waals surface area contributed by atoms with Crippen LogP contribution in [0.25, 0.3) is 10.8 Å². The largest absolute Gasteiger partial charge is 0.289 e. The van der Waals surface area contributed by atoms with Gasteiger partial charge in [-0.2, -0.15) is 0 Å². The Balaban J connectivity index is 2.86. The van der Waals surface area contributed by atoms with Crippen molar-refractivity contribution in [3.8, 4) is 5.75 Å². The molecule has 0 N–H and O–H groups in total. The Bertz CT molecular complexity index is 418. The van der Waals surface area contributed by atoms with Gasteiger partial charge >= 0.3 is 0 Å². The molecule has 0 bridgehead atoms. The van der Waals surface area contributed by atoms with E-state index in [1.165, 1.54) is 5.56 Å². The van der Waals surface area contributed by atoms with Gasteiger partial charge in [0.25, 0.3) is 0 Å². The molecule has 12 heavy (non-hydrogen) atoms. The zero-order chi connectivity index (χ0) is 8.55. The molecule has 0 unspecified atom stereocenters. The van der Waals surface area contributed by atoms with Crippen LogP contribution in [0, 0.1) is 6.92 Å². The number of hydrogen-bond donors (Lipinski definition) is 0. The van der Waals surface area contributed by atoms with E-state index < -0.39 is 0 Å². The predicted octanol–water partition coefficient (Wildman–Crippen LogP) is 3.29. The average molecular weight is 157 g/mol. The minimum atomic E-state index is 0.104. The van der Waals surface area contributed by atoms with E-state index in [1.807, 2.05) is 31.2 Å². The monoisotopic (exact) mass is 157 g/mol. The summed E-state index contributed by atoms with van der Waals surface area (Å²) in [6, 6.07) is 11.2. The van der Waals surface area contributed by atoms with Gasteiger partial charge in [-0.3, -0.25) is 5.11 Å². The molecule has 0 aliphatic rings. The van der Waals surface area contributed by atoms with Crippen LogP contribution >= 0.6 is 0 Å². The summed E-state index contributed by atoms with van der Waals surface area (Å²) in [5, 5.41) is 13.1. The fraction of sp³-hybridized carbons (Fsp3) is 0.0909. The molecular formula is C11H9O. The van der Waals surface area contributed by atoms with Crippen LogP contribution in [0.5, 0.6) is 5.75 Å².